The van der Waals surface area contributed by atoms with Crippen LogP contribution in [0.2, 0.25) is 0 Å². The Hall–Kier alpha value is -4.83. The van der Waals surface area contributed by atoms with Gasteiger partial charge in [0.15, 0.2) is 12.4 Å². The smallest absolute Gasteiger partial charge is 0.306 e. The molecule has 2 atom stereocenters. The molecule has 2 unspecified atom stereocenters. The average Bonchev–Trinajstić information content (AvgIpc) is 3.48. The van der Waals surface area contributed by atoms with Crippen molar-refractivity contribution in [3.8, 4) is 0 Å². The number of esters is 2. The molecule has 85 heavy (non-hydrogen) atoms. The van der Waals surface area contributed by atoms with E-state index in [-0.39, 0.29) is 38.6 Å². The Morgan fingerprint density at radius 2 is 0.671 bits per heavy atom. The lowest BCUT2D eigenvalue weighted by molar-refractivity contribution is -0.870. The van der Waals surface area contributed by atoms with Gasteiger partial charge in [-0.25, -0.2) is 0 Å². The van der Waals surface area contributed by atoms with Crippen molar-refractivity contribution in [2.75, 3.05) is 47.5 Å². The lowest BCUT2D eigenvalue weighted by Gasteiger charge is -2.26. The summed E-state index contributed by atoms with van der Waals surface area (Å²) in [5.74, 6) is -2.34. The van der Waals surface area contributed by atoms with Crippen LogP contribution in [0.1, 0.15) is 258 Å². The van der Waals surface area contributed by atoms with E-state index < -0.39 is 24.3 Å². The van der Waals surface area contributed by atoms with Crippen LogP contribution in [0.25, 0.3) is 0 Å². The molecule has 0 aliphatic heterocycles. The highest BCUT2D eigenvalue weighted by atomic mass is 16.7. The molecular weight excluding hydrogens is 1050 g/mol. The van der Waals surface area contributed by atoms with E-state index in [0.29, 0.717) is 17.4 Å². The first-order valence-electron chi connectivity index (χ1n) is 34.0. The van der Waals surface area contributed by atoms with Crippen molar-refractivity contribution in [2.24, 2.45) is 0 Å². The maximum Gasteiger partial charge on any atom is 0.306 e. The van der Waals surface area contributed by atoms with Gasteiger partial charge in [0.2, 0.25) is 0 Å². The van der Waals surface area contributed by atoms with Crippen LogP contribution in [0.5, 0.6) is 0 Å². The van der Waals surface area contributed by atoms with Gasteiger partial charge in [0.25, 0.3) is 0 Å². The highest BCUT2D eigenvalue weighted by Crippen LogP contribution is 2.15. The van der Waals surface area contributed by atoms with E-state index in [1.54, 1.807) is 0 Å². The molecule has 9 heteroatoms. The van der Waals surface area contributed by atoms with Gasteiger partial charge in [-0.05, 0) is 122 Å². The van der Waals surface area contributed by atoms with Crippen molar-refractivity contribution in [1.82, 2.24) is 0 Å². The second-order valence-corrected chi connectivity index (χ2v) is 23.4. The first kappa shape index (κ1) is 80.2. The van der Waals surface area contributed by atoms with E-state index >= 15 is 0 Å². The van der Waals surface area contributed by atoms with Crippen LogP contribution < -0.4 is 5.11 Å². The maximum atomic E-state index is 12.9. The third kappa shape index (κ3) is 66.5. The van der Waals surface area contributed by atoms with Gasteiger partial charge in [-0.3, -0.25) is 9.59 Å². The number of likely N-dealkylation sites (N-methyl/N-ethyl adjacent to an activating group) is 1. The van der Waals surface area contributed by atoms with Crippen molar-refractivity contribution in [2.45, 2.75) is 270 Å². The zero-order valence-corrected chi connectivity index (χ0v) is 54.9. The van der Waals surface area contributed by atoms with Crippen molar-refractivity contribution in [3.63, 3.8) is 0 Å². The highest BCUT2D eigenvalue weighted by Gasteiger charge is 2.22. The van der Waals surface area contributed by atoms with E-state index in [1.807, 2.05) is 21.1 Å². The Morgan fingerprint density at radius 1 is 0.365 bits per heavy atom. The molecule has 0 fully saturated rings. The van der Waals surface area contributed by atoms with E-state index in [1.165, 1.54) is 116 Å². The molecule has 0 radical (unpaired) electrons. The third-order valence-electron chi connectivity index (χ3n) is 14.1. The molecule has 0 aliphatic carbocycles. The Labute approximate surface area is 522 Å². The van der Waals surface area contributed by atoms with Crippen molar-refractivity contribution >= 4 is 17.9 Å². The molecule has 0 amide bonds. The summed E-state index contributed by atoms with van der Waals surface area (Å²) in [6.45, 7) is 4.59. The fourth-order valence-electron chi connectivity index (χ4n) is 8.89. The van der Waals surface area contributed by atoms with E-state index in [0.717, 1.165) is 109 Å². The van der Waals surface area contributed by atoms with Crippen LogP contribution in [0.4, 0.5) is 0 Å². The van der Waals surface area contributed by atoms with Crippen molar-refractivity contribution in [1.29, 1.82) is 0 Å². The van der Waals surface area contributed by atoms with Gasteiger partial charge in [-0.1, -0.05) is 269 Å². The predicted octanol–water partition coefficient (Wildman–Crippen LogP) is 19.8. The lowest BCUT2D eigenvalue weighted by Crippen LogP contribution is -2.44. The molecule has 0 bridgehead atoms. The molecular formula is C76H125NO8. The number of nitrogens with zero attached hydrogens (tertiary/aromatic N) is 1. The summed E-state index contributed by atoms with van der Waals surface area (Å²) < 4.78 is 22.7. The number of aliphatic carboxylic acids is 1. The largest absolute Gasteiger partial charge is 0.545 e. The summed E-state index contributed by atoms with van der Waals surface area (Å²) in [7, 11) is 5.91. The van der Waals surface area contributed by atoms with E-state index in [9.17, 15) is 19.5 Å². The molecule has 0 saturated heterocycles. The topological polar surface area (TPSA) is 111 Å². The fourth-order valence-corrected chi connectivity index (χ4v) is 8.89. The summed E-state index contributed by atoms with van der Waals surface area (Å²) in [6, 6.07) is 0. The molecule has 9 nitrogen and oxygen atoms in total. The first-order valence-corrected chi connectivity index (χ1v) is 34.0. The second kappa shape index (κ2) is 65.2. The molecule has 0 spiro atoms. The minimum Gasteiger partial charge on any atom is -0.545 e. The number of rotatable bonds is 61. The number of ether oxygens (including phenoxy) is 4. The number of hydrogen-bond acceptors (Lipinski definition) is 8. The summed E-state index contributed by atoms with van der Waals surface area (Å²) in [4.78, 5) is 37.4. The number of carboxylic acids is 1. The molecule has 0 aromatic carbocycles. The number of quaternary nitrogens is 1. The van der Waals surface area contributed by atoms with Gasteiger partial charge in [0, 0.05) is 12.8 Å². The third-order valence-corrected chi connectivity index (χ3v) is 14.1. The number of carbonyl (C=O) groups excluding carboxylic acids is 3. The van der Waals surface area contributed by atoms with Gasteiger partial charge in [-0.15, -0.1) is 0 Å². The van der Waals surface area contributed by atoms with Crippen LogP contribution in [0.3, 0.4) is 0 Å². The number of unbranched alkanes of at least 4 members (excludes halogenated alkanes) is 22. The zero-order valence-electron chi connectivity index (χ0n) is 54.9. The molecule has 0 rings (SSSR count). The minimum absolute atomic E-state index is 0.134. The fraction of sp³-hybridized carbons (Fsp3) is 0.645. The minimum atomic E-state index is -1.64. The number of allylic oxidation sites excluding steroid dienone is 24. The Morgan fingerprint density at radius 3 is 1.02 bits per heavy atom. The standard InChI is InChI=1S/C76H125NO8/c1-6-8-10-12-14-16-18-20-22-24-26-28-30-31-32-33-34-35-36-37-38-39-40-41-42-43-45-47-49-51-53-55-57-59-61-63-65-67-74(79)85-72(71-84-76(75(80)81)82-69-68-77(3,4)5)70-83-73(78)66-64-62-60-58-56-54-52-50-48-46-44-29-27-25-23-21-19-17-15-13-11-9-7-2/h8,10,14,16,20,22,25-28,31-32,34-35,37-38,40-41,43,45,49,51,55,57,72,76H,6-7,9,11-13,15,17-19,21,23-24,29-30,33,36,39,42,44,46-48,50,52-54,56,58-71H2,1-5H3/b10-8-,16-14-,22-20-,27-25-,28-26-,32-31-,35-34-,38-37-,41-40-,45-43-,51-49-,57-55-. The molecule has 0 N–H and O–H groups in total. The van der Waals surface area contributed by atoms with E-state index in [2.05, 4.69) is 160 Å². The molecule has 0 aromatic heterocycles. The molecule has 0 saturated carbocycles. The van der Waals surface area contributed by atoms with Crippen LogP contribution in [0, 0.1) is 0 Å². The molecule has 482 valence electrons. The summed E-state index contributed by atoms with van der Waals surface area (Å²) in [5, 5.41) is 11.8. The summed E-state index contributed by atoms with van der Waals surface area (Å²) >= 11 is 0. The highest BCUT2D eigenvalue weighted by molar-refractivity contribution is 5.70. The van der Waals surface area contributed by atoms with Crippen LogP contribution >= 0.6 is 0 Å². The lowest BCUT2D eigenvalue weighted by atomic mass is 10.0. The monoisotopic (exact) mass is 1180 g/mol. The normalized spacial score (nSPS) is 13.7. The Kier molecular flexibility index (Phi) is 61.4. The maximum absolute atomic E-state index is 12.9. The summed E-state index contributed by atoms with van der Waals surface area (Å²) in [5.41, 5.74) is 0. The van der Waals surface area contributed by atoms with Crippen LogP contribution in [-0.2, 0) is 33.3 Å². The van der Waals surface area contributed by atoms with Gasteiger partial charge >= 0.3 is 11.9 Å². The van der Waals surface area contributed by atoms with Crippen LogP contribution in [-0.4, -0.2) is 82.3 Å². The van der Waals surface area contributed by atoms with Crippen molar-refractivity contribution < 1.29 is 42.9 Å². The molecule has 0 heterocycles. The van der Waals surface area contributed by atoms with Gasteiger partial charge in [0.1, 0.15) is 13.2 Å². The first-order chi connectivity index (χ1) is 41.6. The SMILES string of the molecule is CC/C=C\C/C=C\C/C=C\C/C=C\C/C=C\C/C=C\C/C=C\C/C=C\C/C=C\C/C=C\C/C=C\CCCCCC(=O)OC(COC(=O)CCCCCCCCCCCCC/C=C\CCCCCCCCCC)COC(OCC[N+](C)(C)C)C(=O)[O-]. The van der Waals surface area contributed by atoms with Crippen molar-refractivity contribution in [3.05, 3.63) is 146 Å². The number of carboxylic acid groups (broad SMARTS) is 1. The average molecular weight is 1180 g/mol. The summed E-state index contributed by atoms with van der Waals surface area (Å²) in [6.07, 6.45) is 92.0. The van der Waals surface area contributed by atoms with Crippen LogP contribution in [0.15, 0.2) is 146 Å². The number of carbonyl (C=O) groups is 3. The van der Waals surface area contributed by atoms with Gasteiger partial charge in [0.05, 0.1) is 40.3 Å². The number of hydrogen-bond donors (Lipinski definition) is 0. The van der Waals surface area contributed by atoms with Gasteiger partial charge < -0.3 is 33.3 Å². The Bertz CT molecular complexity index is 1900. The molecule has 0 aromatic rings. The Balaban J connectivity index is 4.28. The zero-order chi connectivity index (χ0) is 61.9. The van der Waals surface area contributed by atoms with E-state index in [4.69, 9.17) is 18.9 Å². The predicted molar refractivity (Wildman–Crippen MR) is 361 cm³/mol. The van der Waals surface area contributed by atoms with Gasteiger partial charge in [-0.2, -0.15) is 0 Å². The molecule has 0 aliphatic rings. The second-order valence-electron chi connectivity index (χ2n) is 23.4. The quantitative estimate of drug-likeness (QED) is 0.0195.